The summed E-state index contributed by atoms with van der Waals surface area (Å²) in [5, 5.41) is 7.51. The molecule has 0 aliphatic carbocycles. The minimum Gasteiger partial charge on any atom is -0.497 e. The van der Waals surface area contributed by atoms with Crippen LogP contribution < -0.4 is 15.4 Å². The molecule has 0 spiro atoms. The lowest BCUT2D eigenvalue weighted by molar-refractivity contribution is 0.415. The summed E-state index contributed by atoms with van der Waals surface area (Å²) in [6.45, 7) is 0. The number of hydrogen-bond donors (Lipinski definition) is 2. The minimum absolute atomic E-state index is 0.0391. The second kappa shape index (κ2) is 5.58. The van der Waals surface area contributed by atoms with Gasteiger partial charge in [0.1, 0.15) is 5.75 Å². The van der Waals surface area contributed by atoms with Crippen LogP contribution in [-0.4, -0.2) is 32.4 Å². The van der Waals surface area contributed by atoms with E-state index in [4.69, 9.17) is 17.0 Å². The van der Waals surface area contributed by atoms with Gasteiger partial charge in [-0.15, -0.1) is 0 Å². The fourth-order valence-electron chi connectivity index (χ4n) is 1.68. The van der Waals surface area contributed by atoms with Crippen LogP contribution in [0.2, 0.25) is 0 Å². The number of anilines is 1. The van der Waals surface area contributed by atoms with Crippen molar-refractivity contribution in [3.8, 4) is 5.75 Å². The zero-order valence-electron chi connectivity index (χ0n) is 10.3. The van der Waals surface area contributed by atoms with Crippen LogP contribution in [0.5, 0.6) is 5.75 Å². The van der Waals surface area contributed by atoms with E-state index in [-0.39, 0.29) is 11.8 Å². The number of sulfone groups is 1. The van der Waals surface area contributed by atoms with E-state index >= 15 is 0 Å². The van der Waals surface area contributed by atoms with Crippen molar-refractivity contribution in [2.75, 3.05) is 18.2 Å². The molecule has 1 aliphatic heterocycles. The molecule has 102 valence electrons. The molecular formula is C12H14N2O3S2. The van der Waals surface area contributed by atoms with Crippen molar-refractivity contribution in [3.63, 3.8) is 0 Å². The van der Waals surface area contributed by atoms with Crippen LogP contribution in [0.1, 0.15) is 0 Å². The van der Waals surface area contributed by atoms with E-state index in [0.29, 0.717) is 5.11 Å². The van der Waals surface area contributed by atoms with Crippen LogP contribution in [0.4, 0.5) is 5.69 Å². The first-order chi connectivity index (χ1) is 8.98. The van der Waals surface area contributed by atoms with Crippen molar-refractivity contribution in [2.24, 2.45) is 0 Å². The van der Waals surface area contributed by atoms with Gasteiger partial charge in [0.15, 0.2) is 14.9 Å². The first kappa shape index (κ1) is 13.8. The molecule has 2 N–H and O–H groups in total. The number of thiocarbonyl (C=S) groups is 1. The average Bonchev–Trinajstić information content (AvgIpc) is 2.69. The monoisotopic (exact) mass is 298 g/mol. The SMILES string of the molecule is COc1ccc(NC(=S)NC2C=CS(=O)(=O)C2)cc1. The second-order valence-electron chi connectivity index (χ2n) is 4.09. The normalized spacial score (nSPS) is 19.9. The fourth-order valence-corrected chi connectivity index (χ4v) is 3.18. The predicted molar refractivity (Wildman–Crippen MR) is 79.1 cm³/mol. The molecule has 1 unspecified atom stereocenters. The van der Waals surface area contributed by atoms with Gasteiger partial charge < -0.3 is 15.4 Å². The molecule has 1 heterocycles. The van der Waals surface area contributed by atoms with Crippen molar-refractivity contribution < 1.29 is 13.2 Å². The van der Waals surface area contributed by atoms with Crippen molar-refractivity contribution in [2.45, 2.75) is 6.04 Å². The van der Waals surface area contributed by atoms with Gasteiger partial charge in [-0.3, -0.25) is 0 Å². The summed E-state index contributed by atoms with van der Waals surface area (Å²) < 4.78 is 27.5. The van der Waals surface area contributed by atoms with E-state index in [1.165, 1.54) is 5.41 Å². The lowest BCUT2D eigenvalue weighted by atomic mass is 10.3. The summed E-state index contributed by atoms with van der Waals surface area (Å²) in [4.78, 5) is 0. The number of benzene rings is 1. The summed E-state index contributed by atoms with van der Waals surface area (Å²) in [6, 6.07) is 7.00. The van der Waals surface area contributed by atoms with Gasteiger partial charge in [-0.25, -0.2) is 8.42 Å². The highest BCUT2D eigenvalue weighted by Gasteiger charge is 2.21. The highest BCUT2D eigenvalue weighted by molar-refractivity contribution is 7.94. The average molecular weight is 298 g/mol. The standard InChI is InChI=1S/C12H14N2O3S2/c1-17-11-4-2-9(3-5-11)13-12(18)14-10-6-7-19(15,16)8-10/h2-7,10H,8H2,1H3,(H2,13,14,18). The first-order valence-electron chi connectivity index (χ1n) is 5.61. The molecule has 0 fully saturated rings. The van der Waals surface area contributed by atoms with Gasteiger partial charge in [-0.2, -0.15) is 0 Å². The van der Waals surface area contributed by atoms with Gasteiger partial charge >= 0.3 is 0 Å². The Morgan fingerprint density at radius 2 is 2.05 bits per heavy atom. The predicted octanol–water partition coefficient (Wildman–Crippen LogP) is 1.29. The molecule has 1 atom stereocenters. The Balaban J connectivity index is 1.89. The van der Waals surface area contributed by atoms with Crippen LogP contribution in [0, 0.1) is 0 Å². The number of methoxy groups -OCH3 is 1. The fraction of sp³-hybridized carbons (Fsp3) is 0.250. The van der Waals surface area contributed by atoms with Gasteiger partial charge in [0.25, 0.3) is 0 Å². The van der Waals surface area contributed by atoms with Crippen molar-refractivity contribution in [1.29, 1.82) is 0 Å². The van der Waals surface area contributed by atoms with E-state index in [0.717, 1.165) is 11.4 Å². The molecule has 1 aromatic carbocycles. The Labute approximate surface area is 117 Å². The topological polar surface area (TPSA) is 67.4 Å². The minimum atomic E-state index is -3.07. The van der Waals surface area contributed by atoms with E-state index < -0.39 is 9.84 Å². The van der Waals surface area contributed by atoms with Crippen molar-refractivity contribution in [1.82, 2.24) is 5.32 Å². The maximum Gasteiger partial charge on any atom is 0.173 e. The van der Waals surface area contributed by atoms with E-state index in [1.54, 1.807) is 13.2 Å². The lowest BCUT2D eigenvalue weighted by Crippen LogP contribution is -2.38. The van der Waals surface area contributed by atoms with Gasteiger partial charge in [0.05, 0.1) is 18.9 Å². The first-order valence-corrected chi connectivity index (χ1v) is 7.73. The quantitative estimate of drug-likeness (QED) is 0.820. The molecule has 7 heteroatoms. The van der Waals surface area contributed by atoms with Crippen LogP contribution >= 0.6 is 12.2 Å². The summed E-state index contributed by atoms with van der Waals surface area (Å²) in [6.07, 6.45) is 1.59. The van der Waals surface area contributed by atoms with Gasteiger partial charge in [-0.1, -0.05) is 0 Å². The number of nitrogens with one attached hydrogen (secondary N) is 2. The lowest BCUT2D eigenvalue weighted by Gasteiger charge is -2.14. The summed E-state index contributed by atoms with van der Waals surface area (Å²) in [7, 11) is -1.47. The zero-order valence-corrected chi connectivity index (χ0v) is 11.9. The molecule has 1 aliphatic rings. The zero-order chi connectivity index (χ0) is 13.9. The number of rotatable bonds is 3. The van der Waals surface area contributed by atoms with E-state index in [9.17, 15) is 8.42 Å². The van der Waals surface area contributed by atoms with Crippen LogP contribution in [0.25, 0.3) is 0 Å². The Hall–Kier alpha value is -1.60. The van der Waals surface area contributed by atoms with Gasteiger partial charge in [-0.05, 0) is 42.6 Å². The molecule has 0 aromatic heterocycles. The third-order valence-electron chi connectivity index (χ3n) is 2.59. The third kappa shape index (κ3) is 3.93. The Bertz CT molecular complexity index is 594. The summed E-state index contributed by atoms with van der Waals surface area (Å²) in [5.41, 5.74) is 0.808. The van der Waals surface area contributed by atoms with Crippen LogP contribution in [0.15, 0.2) is 35.7 Å². The molecule has 19 heavy (non-hydrogen) atoms. The number of ether oxygens (including phenoxy) is 1. The second-order valence-corrected chi connectivity index (χ2v) is 6.43. The molecule has 0 saturated heterocycles. The molecule has 0 bridgehead atoms. The number of hydrogen-bond acceptors (Lipinski definition) is 4. The maximum absolute atomic E-state index is 11.2. The smallest absolute Gasteiger partial charge is 0.173 e. The highest BCUT2D eigenvalue weighted by Crippen LogP contribution is 2.15. The van der Waals surface area contributed by atoms with Crippen molar-refractivity contribution in [3.05, 3.63) is 35.7 Å². The molecule has 0 radical (unpaired) electrons. The molecular weight excluding hydrogens is 284 g/mol. The maximum atomic E-state index is 11.2. The Morgan fingerprint density at radius 1 is 1.37 bits per heavy atom. The van der Waals surface area contributed by atoms with Crippen molar-refractivity contribution >= 4 is 32.9 Å². The Morgan fingerprint density at radius 3 is 2.58 bits per heavy atom. The van der Waals surface area contributed by atoms with E-state index in [1.807, 2.05) is 24.3 Å². The van der Waals surface area contributed by atoms with Crippen LogP contribution in [0.3, 0.4) is 0 Å². The highest BCUT2D eigenvalue weighted by atomic mass is 32.2. The van der Waals surface area contributed by atoms with E-state index in [2.05, 4.69) is 10.6 Å². The molecule has 0 amide bonds. The third-order valence-corrected chi connectivity index (χ3v) is 4.21. The van der Waals surface area contributed by atoms with Crippen LogP contribution in [-0.2, 0) is 9.84 Å². The largest absolute Gasteiger partial charge is 0.497 e. The summed E-state index contributed by atoms with van der Waals surface area (Å²) in [5.74, 6) is 0.798. The van der Waals surface area contributed by atoms with Gasteiger partial charge in [0.2, 0.25) is 0 Å². The summed E-state index contributed by atoms with van der Waals surface area (Å²) >= 11 is 5.13. The Kier molecular flexibility index (Phi) is 4.06. The molecule has 5 nitrogen and oxygen atoms in total. The molecule has 1 aromatic rings. The molecule has 0 saturated carbocycles. The molecule has 2 rings (SSSR count). The van der Waals surface area contributed by atoms with Gasteiger partial charge in [0, 0.05) is 11.1 Å².